The van der Waals surface area contributed by atoms with E-state index in [4.69, 9.17) is 27.1 Å². The summed E-state index contributed by atoms with van der Waals surface area (Å²) in [6.07, 6.45) is 9.46. The summed E-state index contributed by atoms with van der Waals surface area (Å²) in [6, 6.07) is 7.81. The van der Waals surface area contributed by atoms with Crippen LogP contribution in [0.15, 0.2) is 47.7 Å². The van der Waals surface area contributed by atoms with Crippen LogP contribution in [0.5, 0.6) is 0 Å². The average molecular weight is 532 g/mol. The SMILES string of the molecule is Cc1cncc(-c2ccc(-c3cc4cnc(N[C@@H]5CCOC5)nc4n([C@H]4CC[C@H](N)CC4)c3=O)c(Cl)c2)n1. The van der Waals surface area contributed by atoms with Gasteiger partial charge in [0.1, 0.15) is 5.65 Å². The van der Waals surface area contributed by atoms with Gasteiger partial charge in [0.15, 0.2) is 0 Å². The highest BCUT2D eigenvalue weighted by molar-refractivity contribution is 6.33. The van der Waals surface area contributed by atoms with Gasteiger partial charge in [-0.1, -0.05) is 23.7 Å². The molecule has 1 aromatic carbocycles. The number of fused-ring (bicyclic) bond motifs is 1. The second kappa shape index (κ2) is 10.4. The average Bonchev–Trinajstić information content (AvgIpc) is 3.42. The number of rotatable bonds is 5. The van der Waals surface area contributed by atoms with Crippen LogP contribution in [0.1, 0.15) is 43.8 Å². The lowest BCUT2D eigenvalue weighted by atomic mass is 9.91. The lowest BCUT2D eigenvalue weighted by molar-refractivity contribution is 0.195. The molecule has 0 bridgehead atoms. The Hall–Kier alpha value is -3.40. The second-order valence-corrected chi connectivity index (χ2v) is 10.6. The van der Waals surface area contributed by atoms with Crippen molar-refractivity contribution in [3.63, 3.8) is 0 Å². The van der Waals surface area contributed by atoms with Crippen LogP contribution < -0.4 is 16.6 Å². The van der Waals surface area contributed by atoms with Crippen LogP contribution in [-0.4, -0.2) is 49.8 Å². The maximum Gasteiger partial charge on any atom is 0.260 e. The molecule has 2 aliphatic rings. The molecular formula is C28H30ClN7O2. The van der Waals surface area contributed by atoms with E-state index >= 15 is 0 Å². The maximum absolute atomic E-state index is 14.1. The molecular weight excluding hydrogens is 502 g/mol. The molecule has 3 aromatic heterocycles. The Balaban J connectivity index is 1.46. The fourth-order valence-electron chi connectivity index (χ4n) is 5.41. The van der Waals surface area contributed by atoms with Crippen LogP contribution in [-0.2, 0) is 4.74 Å². The minimum atomic E-state index is -0.114. The first-order valence-corrected chi connectivity index (χ1v) is 13.4. The van der Waals surface area contributed by atoms with Crippen LogP contribution >= 0.6 is 11.6 Å². The summed E-state index contributed by atoms with van der Waals surface area (Å²) < 4.78 is 7.32. The van der Waals surface area contributed by atoms with Crippen molar-refractivity contribution in [1.29, 1.82) is 0 Å². The topological polar surface area (TPSA) is 121 Å². The third-order valence-electron chi connectivity index (χ3n) is 7.45. The van der Waals surface area contributed by atoms with Gasteiger partial charge in [-0.05, 0) is 51.2 Å². The zero-order valence-electron chi connectivity index (χ0n) is 21.2. The van der Waals surface area contributed by atoms with Crippen molar-refractivity contribution in [3.8, 4) is 22.4 Å². The van der Waals surface area contributed by atoms with Gasteiger partial charge in [-0.3, -0.25) is 14.3 Å². The fourth-order valence-corrected chi connectivity index (χ4v) is 5.69. The molecule has 0 unspecified atom stereocenters. The molecule has 1 aliphatic heterocycles. The minimum absolute atomic E-state index is 0.00271. The van der Waals surface area contributed by atoms with Crippen molar-refractivity contribution in [2.75, 3.05) is 18.5 Å². The van der Waals surface area contributed by atoms with Gasteiger partial charge in [-0.2, -0.15) is 4.98 Å². The van der Waals surface area contributed by atoms with E-state index in [1.807, 2.05) is 35.8 Å². The van der Waals surface area contributed by atoms with Crippen molar-refractivity contribution in [2.24, 2.45) is 5.73 Å². The van der Waals surface area contributed by atoms with Gasteiger partial charge in [0.05, 0.1) is 30.2 Å². The third kappa shape index (κ3) is 4.89. The first-order chi connectivity index (χ1) is 18.5. The third-order valence-corrected chi connectivity index (χ3v) is 7.77. The lowest BCUT2D eigenvalue weighted by Gasteiger charge is -2.29. The number of hydrogen-bond donors (Lipinski definition) is 2. The van der Waals surface area contributed by atoms with E-state index in [0.717, 1.165) is 61.0 Å². The summed E-state index contributed by atoms with van der Waals surface area (Å²) >= 11 is 6.79. The Kier molecular flexibility index (Phi) is 6.82. The molecule has 3 N–H and O–H groups in total. The molecule has 0 amide bonds. The second-order valence-electron chi connectivity index (χ2n) is 10.2. The molecule has 2 fully saturated rings. The molecule has 196 valence electrons. The van der Waals surface area contributed by atoms with E-state index in [9.17, 15) is 4.79 Å². The Morgan fingerprint density at radius 3 is 2.63 bits per heavy atom. The number of anilines is 1. The zero-order valence-corrected chi connectivity index (χ0v) is 22.0. The number of aromatic nitrogens is 5. The number of hydrogen-bond acceptors (Lipinski definition) is 8. The standard InChI is InChI=1S/C28H30ClN7O2/c1-16-12-31-14-25(33-16)17-2-7-22(24(29)11-17)23-10-18-13-32-28(34-20-8-9-38-15-20)35-26(18)36(27(23)37)21-5-3-19(30)4-6-21/h2,7,10-14,19-21H,3-6,8-9,15,30H2,1H3,(H,32,34,35)/t19-,20-,21-/m1/s1. The van der Waals surface area contributed by atoms with Gasteiger partial charge in [-0.25, -0.2) is 9.97 Å². The molecule has 0 spiro atoms. The van der Waals surface area contributed by atoms with Crippen LogP contribution in [0, 0.1) is 6.92 Å². The van der Waals surface area contributed by atoms with Crippen molar-refractivity contribution < 1.29 is 4.74 Å². The van der Waals surface area contributed by atoms with Gasteiger partial charge < -0.3 is 15.8 Å². The quantitative estimate of drug-likeness (QED) is 0.385. The van der Waals surface area contributed by atoms with Crippen LogP contribution in [0.4, 0.5) is 5.95 Å². The summed E-state index contributed by atoms with van der Waals surface area (Å²) in [7, 11) is 0. The minimum Gasteiger partial charge on any atom is -0.379 e. The molecule has 4 aromatic rings. The normalized spacial score (nSPS) is 21.6. The Bertz CT molecular complexity index is 1540. The largest absolute Gasteiger partial charge is 0.379 e. The van der Waals surface area contributed by atoms with Crippen molar-refractivity contribution >= 4 is 28.6 Å². The number of halogens is 1. The fraction of sp³-hybridized carbons (Fsp3) is 0.393. The molecule has 1 aliphatic carbocycles. The number of nitrogens with two attached hydrogens (primary N) is 1. The number of aryl methyl sites for hydroxylation is 1. The van der Waals surface area contributed by atoms with Crippen LogP contribution in [0.2, 0.25) is 5.02 Å². The number of ether oxygens (including phenoxy) is 1. The predicted octanol–water partition coefficient (Wildman–Crippen LogP) is 4.52. The molecule has 1 saturated carbocycles. The first-order valence-electron chi connectivity index (χ1n) is 13.1. The van der Waals surface area contributed by atoms with Crippen molar-refractivity contribution in [2.45, 2.75) is 57.2 Å². The molecule has 4 heterocycles. The van der Waals surface area contributed by atoms with E-state index in [-0.39, 0.29) is 23.7 Å². The molecule has 1 atom stereocenters. The predicted molar refractivity (Wildman–Crippen MR) is 148 cm³/mol. The van der Waals surface area contributed by atoms with Gasteiger partial charge >= 0.3 is 0 Å². The summed E-state index contributed by atoms with van der Waals surface area (Å²) in [6.45, 7) is 3.24. The summed E-state index contributed by atoms with van der Waals surface area (Å²) in [5.41, 5.74) is 10.3. The molecule has 0 radical (unpaired) electrons. The number of pyridine rings is 1. The van der Waals surface area contributed by atoms with Gasteiger partial charge in [-0.15, -0.1) is 0 Å². The Labute approximate surface area is 225 Å². The zero-order chi connectivity index (χ0) is 26.2. The highest BCUT2D eigenvalue weighted by atomic mass is 35.5. The van der Waals surface area contributed by atoms with Crippen LogP contribution in [0.25, 0.3) is 33.4 Å². The Morgan fingerprint density at radius 2 is 1.89 bits per heavy atom. The maximum atomic E-state index is 14.1. The number of benzene rings is 1. The van der Waals surface area contributed by atoms with Gasteiger partial charge in [0.25, 0.3) is 5.56 Å². The van der Waals surface area contributed by atoms with E-state index in [2.05, 4.69) is 20.3 Å². The number of nitrogens with zero attached hydrogens (tertiary/aromatic N) is 5. The number of nitrogens with one attached hydrogen (secondary N) is 1. The molecule has 38 heavy (non-hydrogen) atoms. The molecule has 6 rings (SSSR count). The highest BCUT2D eigenvalue weighted by Gasteiger charge is 2.26. The van der Waals surface area contributed by atoms with E-state index in [1.165, 1.54) is 0 Å². The smallest absolute Gasteiger partial charge is 0.260 e. The van der Waals surface area contributed by atoms with Crippen molar-refractivity contribution in [1.82, 2.24) is 24.5 Å². The van der Waals surface area contributed by atoms with Crippen molar-refractivity contribution in [3.05, 3.63) is 63.9 Å². The molecule has 10 heteroatoms. The van der Waals surface area contributed by atoms with Gasteiger partial charge in [0, 0.05) is 58.2 Å². The van der Waals surface area contributed by atoms with E-state index < -0.39 is 0 Å². The summed E-state index contributed by atoms with van der Waals surface area (Å²) in [5.74, 6) is 0.503. The monoisotopic (exact) mass is 531 g/mol. The van der Waals surface area contributed by atoms with Crippen LogP contribution in [0.3, 0.4) is 0 Å². The highest BCUT2D eigenvalue weighted by Crippen LogP contribution is 2.34. The summed E-state index contributed by atoms with van der Waals surface area (Å²) in [4.78, 5) is 32.3. The van der Waals surface area contributed by atoms with E-state index in [0.29, 0.717) is 34.4 Å². The van der Waals surface area contributed by atoms with E-state index in [1.54, 1.807) is 18.6 Å². The first kappa shape index (κ1) is 24.9. The molecule has 1 saturated heterocycles. The Morgan fingerprint density at radius 1 is 1.05 bits per heavy atom. The van der Waals surface area contributed by atoms with Gasteiger partial charge in [0.2, 0.25) is 5.95 Å². The summed E-state index contributed by atoms with van der Waals surface area (Å²) in [5, 5.41) is 4.61. The molecule has 9 nitrogen and oxygen atoms in total. The lowest BCUT2D eigenvalue weighted by Crippen LogP contribution is -2.33.